The number of urea groups is 1. The highest BCUT2D eigenvalue weighted by Crippen LogP contribution is 2.18. The van der Waals surface area contributed by atoms with E-state index in [1.54, 1.807) is 28.7 Å². The lowest BCUT2D eigenvalue weighted by molar-refractivity contribution is -0.141. The highest BCUT2D eigenvalue weighted by atomic mass is 32.2. The fraction of sp³-hybridized carbons (Fsp3) is 0.545. The Morgan fingerprint density at radius 3 is 3.05 bits per heavy atom. The van der Waals surface area contributed by atoms with Gasteiger partial charge in [0, 0.05) is 36.9 Å². The minimum Gasteiger partial charge on any atom is -0.480 e. The third kappa shape index (κ3) is 3.19. The molecule has 1 atom stereocenters. The molecule has 0 spiro atoms. The number of nitrogens with one attached hydrogen (secondary N) is 1. The summed E-state index contributed by atoms with van der Waals surface area (Å²) in [5.41, 5.74) is 0. The molecular formula is C11H16N4O3S. The molecular weight excluding hydrogens is 268 g/mol. The van der Waals surface area contributed by atoms with Crippen LogP contribution in [0.3, 0.4) is 0 Å². The van der Waals surface area contributed by atoms with Crippen LogP contribution >= 0.6 is 11.8 Å². The number of carboxylic acid groups (broad SMARTS) is 1. The zero-order chi connectivity index (χ0) is 13.8. The fourth-order valence-electron chi connectivity index (χ4n) is 1.84. The van der Waals surface area contributed by atoms with Gasteiger partial charge in [-0.15, -0.1) is 0 Å². The van der Waals surface area contributed by atoms with Crippen LogP contribution in [-0.2, 0) is 11.3 Å². The Kier molecular flexibility index (Phi) is 4.31. The second kappa shape index (κ2) is 5.96. The van der Waals surface area contributed by atoms with Crippen molar-refractivity contribution in [1.82, 2.24) is 14.7 Å². The number of hydrogen-bond acceptors (Lipinski definition) is 4. The molecule has 1 aliphatic heterocycles. The van der Waals surface area contributed by atoms with Crippen molar-refractivity contribution in [2.75, 3.05) is 23.4 Å². The highest BCUT2D eigenvalue weighted by molar-refractivity contribution is 7.99. The number of anilines is 1. The van der Waals surface area contributed by atoms with Crippen molar-refractivity contribution in [3.63, 3.8) is 0 Å². The van der Waals surface area contributed by atoms with Gasteiger partial charge in [0.05, 0.1) is 0 Å². The molecule has 1 fully saturated rings. The first-order chi connectivity index (χ1) is 9.11. The molecule has 0 saturated carbocycles. The highest BCUT2D eigenvalue weighted by Gasteiger charge is 2.32. The van der Waals surface area contributed by atoms with Gasteiger partial charge in [0.25, 0.3) is 0 Å². The first-order valence-electron chi connectivity index (χ1n) is 6.03. The number of aliphatic carboxylic acids is 1. The van der Waals surface area contributed by atoms with E-state index in [9.17, 15) is 9.59 Å². The van der Waals surface area contributed by atoms with E-state index in [0.717, 1.165) is 5.75 Å². The van der Waals surface area contributed by atoms with E-state index >= 15 is 0 Å². The van der Waals surface area contributed by atoms with E-state index < -0.39 is 18.0 Å². The van der Waals surface area contributed by atoms with Gasteiger partial charge in [0.15, 0.2) is 5.82 Å². The Balaban J connectivity index is 2.03. The molecule has 1 unspecified atom stereocenters. The van der Waals surface area contributed by atoms with Gasteiger partial charge in [-0.3, -0.25) is 10.00 Å². The molecule has 7 nitrogen and oxygen atoms in total. The molecule has 2 N–H and O–H groups in total. The molecule has 2 amide bonds. The molecule has 0 radical (unpaired) electrons. The maximum absolute atomic E-state index is 12.1. The van der Waals surface area contributed by atoms with Gasteiger partial charge in [0.2, 0.25) is 0 Å². The molecule has 0 bridgehead atoms. The summed E-state index contributed by atoms with van der Waals surface area (Å²) < 4.78 is 1.69. The van der Waals surface area contributed by atoms with Gasteiger partial charge in [-0.05, 0) is 6.92 Å². The minimum atomic E-state index is -0.971. The first-order valence-corrected chi connectivity index (χ1v) is 7.19. The van der Waals surface area contributed by atoms with Gasteiger partial charge in [0.1, 0.15) is 6.04 Å². The topological polar surface area (TPSA) is 87.5 Å². The van der Waals surface area contributed by atoms with Crippen LogP contribution in [0.25, 0.3) is 0 Å². The average molecular weight is 284 g/mol. The van der Waals surface area contributed by atoms with Crippen molar-refractivity contribution in [2.45, 2.75) is 19.5 Å². The molecule has 1 aliphatic rings. The summed E-state index contributed by atoms with van der Waals surface area (Å²) in [4.78, 5) is 24.5. The van der Waals surface area contributed by atoms with Crippen molar-refractivity contribution in [2.24, 2.45) is 0 Å². The van der Waals surface area contributed by atoms with Gasteiger partial charge in [-0.2, -0.15) is 16.9 Å². The molecule has 8 heteroatoms. The Hall–Kier alpha value is -1.70. The summed E-state index contributed by atoms with van der Waals surface area (Å²) in [5.74, 6) is 0.642. The lowest BCUT2D eigenvalue weighted by Crippen LogP contribution is -2.51. The van der Waals surface area contributed by atoms with Crippen LogP contribution in [0.15, 0.2) is 12.3 Å². The summed E-state index contributed by atoms with van der Waals surface area (Å²) >= 11 is 1.54. The maximum atomic E-state index is 12.1. The summed E-state index contributed by atoms with van der Waals surface area (Å²) in [6.07, 6.45) is 1.76. The third-order valence-corrected chi connectivity index (χ3v) is 3.90. The Labute approximate surface area is 115 Å². The second-order valence-electron chi connectivity index (χ2n) is 4.11. The van der Waals surface area contributed by atoms with E-state index in [0.29, 0.717) is 24.7 Å². The summed E-state index contributed by atoms with van der Waals surface area (Å²) in [7, 11) is 0. The molecule has 104 valence electrons. The molecule has 2 rings (SSSR count). The van der Waals surface area contributed by atoms with Crippen LogP contribution in [0.1, 0.15) is 6.92 Å². The molecule has 0 aliphatic carbocycles. The third-order valence-electron chi connectivity index (χ3n) is 2.87. The van der Waals surface area contributed by atoms with E-state index in [1.165, 1.54) is 4.90 Å². The normalized spacial score (nSPS) is 19.2. The Bertz CT molecular complexity index is 476. The second-order valence-corrected chi connectivity index (χ2v) is 5.26. The maximum Gasteiger partial charge on any atom is 0.327 e. The largest absolute Gasteiger partial charge is 0.480 e. The van der Waals surface area contributed by atoms with E-state index in [4.69, 9.17) is 5.11 Å². The van der Waals surface area contributed by atoms with Crippen LogP contribution < -0.4 is 5.32 Å². The predicted octanol–water partition coefficient (Wildman–Crippen LogP) is 0.937. The van der Waals surface area contributed by atoms with Crippen LogP contribution in [0, 0.1) is 0 Å². The summed E-state index contributed by atoms with van der Waals surface area (Å²) in [5, 5.41) is 15.9. The number of thioether (sulfide) groups is 1. The van der Waals surface area contributed by atoms with Crippen molar-refractivity contribution in [1.29, 1.82) is 0 Å². The van der Waals surface area contributed by atoms with E-state index in [1.807, 2.05) is 6.92 Å². The van der Waals surface area contributed by atoms with Crippen LogP contribution in [0.5, 0.6) is 0 Å². The van der Waals surface area contributed by atoms with Crippen LogP contribution in [0.4, 0.5) is 10.6 Å². The zero-order valence-electron chi connectivity index (χ0n) is 10.6. The minimum absolute atomic E-state index is 0.408. The number of carbonyl (C=O) groups excluding carboxylic acids is 1. The van der Waals surface area contributed by atoms with E-state index in [-0.39, 0.29) is 0 Å². The summed E-state index contributed by atoms with van der Waals surface area (Å²) in [6.45, 7) is 3.09. The van der Waals surface area contributed by atoms with E-state index in [2.05, 4.69) is 10.4 Å². The number of amides is 2. The van der Waals surface area contributed by atoms with Gasteiger partial charge in [-0.1, -0.05) is 0 Å². The Morgan fingerprint density at radius 1 is 1.63 bits per heavy atom. The number of rotatable bonds is 3. The molecule has 1 saturated heterocycles. The smallest absolute Gasteiger partial charge is 0.327 e. The quantitative estimate of drug-likeness (QED) is 0.862. The summed E-state index contributed by atoms with van der Waals surface area (Å²) in [6, 6.07) is 0.511. The monoisotopic (exact) mass is 284 g/mol. The molecule has 19 heavy (non-hydrogen) atoms. The number of carbonyl (C=O) groups is 2. The van der Waals surface area contributed by atoms with Crippen LogP contribution in [0.2, 0.25) is 0 Å². The molecule has 1 aromatic rings. The van der Waals surface area contributed by atoms with Crippen molar-refractivity contribution >= 4 is 29.6 Å². The van der Waals surface area contributed by atoms with Crippen molar-refractivity contribution in [3.05, 3.63) is 12.3 Å². The fourth-order valence-corrected chi connectivity index (χ4v) is 2.88. The SMILES string of the molecule is CCn1ccc(NC(=O)N2CCSCC2C(=O)O)n1. The molecule has 0 aromatic carbocycles. The van der Waals surface area contributed by atoms with Gasteiger partial charge >= 0.3 is 12.0 Å². The van der Waals surface area contributed by atoms with Crippen molar-refractivity contribution in [3.8, 4) is 0 Å². The standard InChI is InChI=1S/C11H16N4O3S/c1-2-14-4-3-9(13-14)12-11(18)15-5-6-19-7-8(15)10(16)17/h3-4,8H,2,5-7H2,1H3,(H,16,17)(H,12,13,18). The predicted molar refractivity (Wildman–Crippen MR) is 72.4 cm³/mol. The number of aromatic nitrogens is 2. The Morgan fingerprint density at radius 2 is 2.42 bits per heavy atom. The van der Waals surface area contributed by atoms with Crippen LogP contribution in [-0.4, -0.2) is 55.9 Å². The number of nitrogens with zero attached hydrogens (tertiary/aromatic N) is 3. The lowest BCUT2D eigenvalue weighted by Gasteiger charge is -2.32. The lowest BCUT2D eigenvalue weighted by atomic mass is 10.3. The average Bonchev–Trinajstić information content (AvgIpc) is 2.86. The number of hydrogen-bond donors (Lipinski definition) is 2. The number of carboxylic acids is 1. The first kappa shape index (κ1) is 13.7. The number of aryl methyl sites for hydroxylation is 1. The van der Waals surface area contributed by atoms with Crippen molar-refractivity contribution < 1.29 is 14.7 Å². The van der Waals surface area contributed by atoms with Gasteiger partial charge in [-0.25, -0.2) is 9.59 Å². The molecule has 2 heterocycles. The molecule has 1 aromatic heterocycles. The zero-order valence-corrected chi connectivity index (χ0v) is 11.4. The van der Waals surface area contributed by atoms with Gasteiger partial charge < -0.3 is 10.0 Å².